The van der Waals surface area contributed by atoms with E-state index in [2.05, 4.69) is 15.1 Å². The number of carbonyl (C=O) groups is 1. The topological polar surface area (TPSA) is 68.9 Å². The number of aryl methyl sites for hydroxylation is 1. The van der Waals surface area contributed by atoms with E-state index in [0.29, 0.717) is 23.0 Å². The number of Topliss-reactive ketones (excluding diaryl/α,β-unsaturated/α-hetero) is 1. The van der Waals surface area contributed by atoms with Crippen LogP contribution in [0.5, 0.6) is 0 Å². The van der Waals surface area contributed by atoms with E-state index in [1.807, 2.05) is 43.3 Å². The standard InChI is InChI=1S/C23H24ClN3O2/c1-15-25-23(27-29-15)18(13-16-11-12-16)6-3-10-22(28)21-9-4-8-20(26-21)17-5-2-7-19(24)14-17/h2,4-5,7-9,14,16,18H,3,6,10-13H2,1H3/t18-/m0/s1. The molecule has 4 rings (SSSR count). The lowest BCUT2D eigenvalue weighted by Crippen LogP contribution is -2.06. The number of pyridine rings is 1. The maximum Gasteiger partial charge on any atom is 0.223 e. The summed E-state index contributed by atoms with van der Waals surface area (Å²) in [6.07, 6.45) is 5.78. The minimum absolute atomic E-state index is 0.0587. The smallest absolute Gasteiger partial charge is 0.223 e. The fourth-order valence-electron chi connectivity index (χ4n) is 3.62. The Labute approximate surface area is 175 Å². The van der Waals surface area contributed by atoms with Gasteiger partial charge in [0, 0.05) is 29.8 Å². The van der Waals surface area contributed by atoms with Gasteiger partial charge in [-0.2, -0.15) is 4.98 Å². The number of rotatable bonds is 9. The zero-order valence-electron chi connectivity index (χ0n) is 16.5. The first-order chi connectivity index (χ1) is 14.1. The van der Waals surface area contributed by atoms with Crippen molar-refractivity contribution in [2.24, 2.45) is 5.92 Å². The van der Waals surface area contributed by atoms with Gasteiger partial charge in [-0.15, -0.1) is 0 Å². The molecule has 1 aliphatic rings. The summed E-state index contributed by atoms with van der Waals surface area (Å²) in [4.78, 5) is 21.7. The zero-order chi connectivity index (χ0) is 20.2. The number of nitrogens with zero attached hydrogens (tertiary/aromatic N) is 3. The number of aromatic nitrogens is 3. The number of hydrogen-bond acceptors (Lipinski definition) is 5. The Morgan fingerprint density at radius 2 is 2.03 bits per heavy atom. The van der Waals surface area contributed by atoms with Gasteiger partial charge in [-0.3, -0.25) is 4.79 Å². The van der Waals surface area contributed by atoms with Gasteiger partial charge in [-0.05, 0) is 49.4 Å². The summed E-state index contributed by atoms with van der Waals surface area (Å²) < 4.78 is 5.16. The summed E-state index contributed by atoms with van der Waals surface area (Å²) in [6, 6.07) is 13.0. The second kappa shape index (κ2) is 8.87. The minimum atomic E-state index is 0.0587. The highest BCUT2D eigenvalue weighted by Crippen LogP contribution is 2.39. The molecule has 1 atom stereocenters. The van der Waals surface area contributed by atoms with Crippen molar-refractivity contribution in [2.45, 2.75) is 51.4 Å². The average molecular weight is 410 g/mol. The Hall–Kier alpha value is -2.53. The lowest BCUT2D eigenvalue weighted by Gasteiger charge is -2.12. The maximum absolute atomic E-state index is 12.7. The molecule has 5 nitrogen and oxygen atoms in total. The van der Waals surface area contributed by atoms with E-state index in [4.69, 9.17) is 16.1 Å². The quantitative estimate of drug-likeness (QED) is 0.403. The average Bonchev–Trinajstić information content (AvgIpc) is 3.45. The van der Waals surface area contributed by atoms with Crippen LogP contribution >= 0.6 is 11.6 Å². The number of benzene rings is 1. The monoisotopic (exact) mass is 409 g/mol. The van der Waals surface area contributed by atoms with Crippen molar-refractivity contribution >= 4 is 17.4 Å². The molecule has 0 amide bonds. The van der Waals surface area contributed by atoms with Crippen molar-refractivity contribution in [2.75, 3.05) is 0 Å². The molecule has 1 fully saturated rings. The molecule has 0 saturated heterocycles. The lowest BCUT2D eigenvalue weighted by atomic mass is 9.94. The van der Waals surface area contributed by atoms with Crippen molar-refractivity contribution in [1.29, 1.82) is 0 Å². The van der Waals surface area contributed by atoms with E-state index in [1.165, 1.54) is 12.8 Å². The van der Waals surface area contributed by atoms with Crippen molar-refractivity contribution in [3.63, 3.8) is 0 Å². The highest BCUT2D eigenvalue weighted by Gasteiger charge is 2.28. The minimum Gasteiger partial charge on any atom is -0.340 e. The van der Waals surface area contributed by atoms with Gasteiger partial charge in [-0.25, -0.2) is 4.98 Å². The van der Waals surface area contributed by atoms with Crippen LogP contribution in [-0.4, -0.2) is 20.9 Å². The summed E-state index contributed by atoms with van der Waals surface area (Å²) in [5, 5.41) is 4.76. The second-order valence-electron chi connectivity index (χ2n) is 7.78. The van der Waals surface area contributed by atoms with Crippen LogP contribution in [0.15, 0.2) is 47.0 Å². The molecule has 0 aliphatic heterocycles. The highest BCUT2D eigenvalue weighted by molar-refractivity contribution is 6.30. The summed E-state index contributed by atoms with van der Waals surface area (Å²) in [5.41, 5.74) is 2.16. The van der Waals surface area contributed by atoms with E-state index in [-0.39, 0.29) is 11.7 Å². The molecule has 0 unspecified atom stereocenters. The fraction of sp³-hybridized carbons (Fsp3) is 0.391. The predicted octanol–water partition coefficient (Wildman–Crippen LogP) is 6.03. The third-order valence-corrected chi connectivity index (χ3v) is 5.57. The van der Waals surface area contributed by atoms with E-state index in [9.17, 15) is 4.79 Å². The maximum atomic E-state index is 12.7. The first kappa shape index (κ1) is 19.8. The van der Waals surface area contributed by atoms with Gasteiger partial charge >= 0.3 is 0 Å². The molecular weight excluding hydrogens is 386 g/mol. The van der Waals surface area contributed by atoms with Crippen LogP contribution < -0.4 is 0 Å². The third kappa shape index (κ3) is 5.30. The molecule has 6 heteroatoms. The van der Waals surface area contributed by atoms with Crippen LogP contribution in [0, 0.1) is 12.8 Å². The summed E-state index contributed by atoms with van der Waals surface area (Å²) >= 11 is 6.08. The van der Waals surface area contributed by atoms with Crippen molar-refractivity contribution < 1.29 is 9.32 Å². The number of hydrogen-bond donors (Lipinski definition) is 0. The van der Waals surface area contributed by atoms with E-state index >= 15 is 0 Å². The van der Waals surface area contributed by atoms with Crippen LogP contribution in [0.2, 0.25) is 5.02 Å². The Bertz CT molecular complexity index is 997. The molecule has 0 bridgehead atoms. The molecule has 150 valence electrons. The molecule has 0 spiro atoms. The van der Waals surface area contributed by atoms with E-state index in [0.717, 1.165) is 42.3 Å². The molecule has 2 aromatic heterocycles. The molecular formula is C23H24ClN3O2. The summed E-state index contributed by atoms with van der Waals surface area (Å²) in [6.45, 7) is 1.81. The summed E-state index contributed by atoms with van der Waals surface area (Å²) in [7, 11) is 0. The molecule has 0 radical (unpaired) electrons. The predicted molar refractivity (Wildman–Crippen MR) is 112 cm³/mol. The largest absolute Gasteiger partial charge is 0.340 e. The number of ketones is 1. The van der Waals surface area contributed by atoms with Gasteiger partial charge in [0.2, 0.25) is 5.89 Å². The van der Waals surface area contributed by atoms with Crippen molar-refractivity contribution in [3.8, 4) is 11.3 Å². The van der Waals surface area contributed by atoms with Crippen LogP contribution in [0.3, 0.4) is 0 Å². The zero-order valence-corrected chi connectivity index (χ0v) is 17.2. The normalized spacial score (nSPS) is 14.7. The molecule has 2 heterocycles. The number of carbonyl (C=O) groups excluding carboxylic acids is 1. The van der Waals surface area contributed by atoms with Gasteiger partial charge in [-0.1, -0.05) is 47.8 Å². The second-order valence-corrected chi connectivity index (χ2v) is 8.22. The van der Waals surface area contributed by atoms with Crippen LogP contribution in [0.4, 0.5) is 0 Å². The van der Waals surface area contributed by atoms with E-state index < -0.39 is 0 Å². The van der Waals surface area contributed by atoms with E-state index in [1.54, 1.807) is 6.07 Å². The SMILES string of the molecule is Cc1nc([C@@H](CCCC(=O)c2cccc(-c3cccc(Cl)c3)n2)CC2CC2)no1. The first-order valence-electron chi connectivity index (χ1n) is 10.1. The summed E-state index contributed by atoms with van der Waals surface area (Å²) in [5.74, 6) is 2.47. The van der Waals surface area contributed by atoms with Gasteiger partial charge in [0.15, 0.2) is 11.6 Å². The fourth-order valence-corrected chi connectivity index (χ4v) is 3.82. The highest BCUT2D eigenvalue weighted by atomic mass is 35.5. The van der Waals surface area contributed by atoms with Crippen molar-refractivity contribution in [1.82, 2.24) is 15.1 Å². The first-order valence-corrected chi connectivity index (χ1v) is 10.5. The molecule has 1 aliphatic carbocycles. The number of halogens is 1. The molecule has 1 saturated carbocycles. The Kier molecular flexibility index (Phi) is 6.05. The Morgan fingerprint density at radius 1 is 1.21 bits per heavy atom. The molecule has 1 aromatic carbocycles. The molecule has 3 aromatic rings. The van der Waals surface area contributed by atoms with Crippen molar-refractivity contribution in [3.05, 3.63) is 64.9 Å². The van der Waals surface area contributed by atoms with Gasteiger partial charge in [0.25, 0.3) is 0 Å². The Morgan fingerprint density at radius 3 is 2.76 bits per heavy atom. The van der Waals surface area contributed by atoms with Gasteiger partial charge in [0.1, 0.15) is 5.69 Å². The lowest BCUT2D eigenvalue weighted by molar-refractivity contribution is 0.0973. The Balaban J connectivity index is 1.38. The van der Waals surface area contributed by atoms with Crippen LogP contribution in [0.25, 0.3) is 11.3 Å². The molecule has 0 N–H and O–H groups in total. The van der Waals surface area contributed by atoms with Gasteiger partial charge < -0.3 is 4.52 Å². The molecule has 29 heavy (non-hydrogen) atoms. The van der Waals surface area contributed by atoms with Crippen LogP contribution in [-0.2, 0) is 0 Å². The third-order valence-electron chi connectivity index (χ3n) is 5.33. The van der Waals surface area contributed by atoms with Crippen LogP contribution in [0.1, 0.15) is 66.6 Å². The van der Waals surface area contributed by atoms with Gasteiger partial charge in [0.05, 0.1) is 5.69 Å².